The molecule has 150 valence electrons. The van der Waals surface area contributed by atoms with Gasteiger partial charge in [0.25, 0.3) is 0 Å². The number of likely N-dealkylation sites (N-methyl/N-ethyl adjacent to an activating group) is 1. The number of nitrogens with zero attached hydrogens (tertiary/aromatic N) is 4. The van der Waals surface area contributed by atoms with Crippen LogP contribution in [0, 0.1) is 5.92 Å². The van der Waals surface area contributed by atoms with Crippen LogP contribution in [-0.2, 0) is 17.8 Å². The van der Waals surface area contributed by atoms with Crippen molar-refractivity contribution in [3.63, 3.8) is 0 Å². The Morgan fingerprint density at radius 2 is 2.15 bits per heavy atom. The van der Waals surface area contributed by atoms with Gasteiger partial charge in [-0.05, 0) is 33.7 Å². The van der Waals surface area contributed by atoms with E-state index in [1.54, 1.807) is 0 Å². The van der Waals surface area contributed by atoms with E-state index in [0.717, 1.165) is 29.9 Å². The Bertz CT molecular complexity index is 729. The van der Waals surface area contributed by atoms with Crippen molar-refractivity contribution in [1.82, 2.24) is 30.2 Å². The zero-order chi connectivity index (χ0) is 20.0. The average molecular weight is 377 g/mol. The van der Waals surface area contributed by atoms with Crippen molar-refractivity contribution in [3.8, 4) is 11.3 Å². The highest BCUT2D eigenvalue weighted by atomic mass is 16.6. The molecule has 1 amide bonds. The molecule has 0 atom stereocenters. The SMILES string of the molecule is CC(C)Cn1cc(-c2n[nH]cc2CN(C)CCNC(=O)OC(C)(C)C)cn1. The van der Waals surface area contributed by atoms with E-state index in [1.165, 1.54) is 0 Å². The number of aromatic amines is 1. The van der Waals surface area contributed by atoms with Gasteiger partial charge in [0.05, 0.1) is 11.9 Å². The van der Waals surface area contributed by atoms with Crippen LogP contribution in [0.5, 0.6) is 0 Å². The second-order valence-electron chi connectivity index (χ2n) is 8.27. The summed E-state index contributed by atoms with van der Waals surface area (Å²) in [5, 5.41) is 14.5. The number of aromatic nitrogens is 4. The molecule has 0 radical (unpaired) electrons. The first kappa shape index (κ1) is 21.0. The number of hydrogen-bond donors (Lipinski definition) is 2. The zero-order valence-corrected chi connectivity index (χ0v) is 17.2. The van der Waals surface area contributed by atoms with Crippen LogP contribution in [0.1, 0.15) is 40.2 Å². The minimum Gasteiger partial charge on any atom is -0.444 e. The molecule has 0 aromatic carbocycles. The molecule has 2 N–H and O–H groups in total. The molecular weight excluding hydrogens is 344 g/mol. The first-order valence-electron chi connectivity index (χ1n) is 9.35. The summed E-state index contributed by atoms with van der Waals surface area (Å²) in [5.74, 6) is 0.542. The Kier molecular flexibility index (Phi) is 7.01. The molecule has 0 bridgehead atoms. The molecule has 0 aliphatic carbocycles. The smallest absolute Gasteiger partial charge is 0.407 e. The van der Waals surface area contributed by atoms with Crippen molar-refractivity contribution in [2.24, 2.45) is 5.92 Å². The molecule has 27 heavy (non-hydrogen) atoms. The van der Waals surface area contributed by atoms with E-state index in [4.69, 9.17) is 4.74 Å². The van der Waals surface area contributed by atoms with Gasteiger partial charge in [0.1, 0.15) is 5.60 Å². The molecule has 0 aliphatic rings. The molecule has 2 aromatic rings. The normalized spacial score (nSPS) is 12.0. The molecule has 0 aliphatic heterocycles. The van der Waals surface area contributed by atoms with Crippen LogP contribution < -0.4 is 5.32 Å². The second kappa shape index (κ2) is 9.03. The lowest BCUT2D eigenvalue weighted by molar-refractivity contribution is 0.0523. The maximum atomic E-state index is 11.7. The predicted octanol–water partition coefficient (Wildman–Crippen LogP) is 2.89. The minimum absolute atomic E-state index is 0.391. The Morgan fingerprint density at radius 1 is 1.41 bits per heavy atom. The van der Waals surface area contributed by atoms with Gasteiger partial charge < -0.3 is 15.0 Å². The Labute approximate surface area is 161 Å². The first-order valence-corrected chi connectivity index (χ1v) is 9.35. The molecule has 0 saturated heterocycles. The van der Waals surface area contributed by atoms with Gasteiger partial charge in [-0.2, -0.15) is 10.2 Å². The van der Waals surface area contributed by atoms with Gasteiger partial charge >= 0.3 is 6.09 Å². The number of alkyl carbamates (subject to hydrolysis) is 1. The molecule has 8 nitrogen and oxygen atoms in total. The van der Waals surface area contributed by atoms with Gasteiger partial charge in [0.2, 0.25) is 0 Å². The van der Waals surface area contributed by atoms with Crippen molar-refractivity contribution < 1.29 is 9.53 Å². The molecule has 0 saturated carbocycles. The summed E-state index contributed by atoms with van der Waals surface area (Å²) in [4.78, 5) is 13.8. The monoisotopic (exact) mass is 376 g/mol. The number of carbonyl (C=O) groups is 1. The third-order valence-electron chi connectivity index (χ3n) is 3.78. The summed E-state index contributed by atoms with van der Waals surface area (Å²) in [6, 6.07) is 0. The summed E-state index contributed by atoms with van der Waals surface area (Å²) in [5.41, 5.74) is 2.53. The molecule has 2 heterocycles. The van der Waals surface area contributed by atoms with Gasteiger partial charge in [-0.15, -0.1) is 0 Å². The largest absolute Gasteiger partial charge is 0.444 e. The number of ether oxygens (including phenoxy) is 1. The Balaban J connectivity index is 1.87. The molecule has 0 spiro atoms. The van der Waals surface area contributed by atoms with Crippen molar-refractivity contribution in [1.29, 1.82) is 0 Å². The molecule has 0 fully saturated rings. The van der Waals surface area contributed by atoms with Crippen molar-refractivity contribution in [2.75, 3.05) is 20.1 Å². The Morgan fingerprint density at radius 3 is 2.81 bits per heavy atom. The number of amides is 1. The first-order chi connectivity index (χ1) is 12.6. The summed E-state index contributed by atoms with van der Waals surface area (Å²) in [6.45, 7) is 12.7. The highest BCUT2D eigenvalue weighted by Gasteiger charge is 2.16. The fourth-order valence-corrected chi connectivity index (χ4v) is 2.68. The molecular formula is C19H32N6O2. The zero-order valence-electron chi connectivity index (χ0n) is 17.2. The summed E-state index contributed by atoms with van der Waals surface area (Å²) in [6.07, 6.45) is 5.40. The summed E-state index contributed by atoms with van der Waals surface area (Å²) in [7, 11) is 2.01. The van der Waals surface area contributed by atoms with Crippen LogP contribution in [0.15, 0.2) is 18.6 Å². The predicted molar refractivity (Wildman–Crippen MR) is 105 cm³/mol. The third kappa shape index (κ3) is 7.05. The molecule has 0 unspecified atom stereocenters. The van der Waals surface area contributed by atoms with Crippen LogP contribution in [0.4, 0.5) is 4.79 Å². The van der Waals surface area contributed by atoms with Crippen LogP contribution in [0.25, 0.3) is 11.3 Å². The number of hydrogen-bond acceptors (Lipinski definition) is 5. The van der Waals surface area contributed by atoms with Crippen LogP contribution in [0.3, 0.4) is 0 Å². The van der Waals surface area contributed by atoms with Gasteiger partial charge in [-0.1, -0.05) is 13.8 Å². The summed E-state index contributed by atoms with van der Waals surface area (Å²) >= 11 is 0. The summed E-state index contributed by atoms with van der Waals surface area (Å²) < 4.78 is 7.19. The van der Waals surface area contributed by atoms with E-state index >= 15 is 0 Å². The Hall–Kier alpha value is -2.35. The maximum absolute atomic E-state index is 11.7. The average Bonchev–Trinajstić information content (AvgIpc) is 3.13. The topological polar surface area (TPSA) is 88.1 Å². The highest BCUT2D eigenvalue weighted by Crippen LogP contribution is 2.21. The van der Waals surface area contributed by atoms with Gasteiger partial charge in [-0.3, -0.25) is 9.78 Å². The standard InChI is InChI=1S/C19H32N6O2/c1-14(2)11-25-13-16(10-22-25)17-15(9-21-23-17)12-24(6)8-7-20-18(26)27-19(3,4)5/h9-10,13-14H,7-8,11-12H2,1-6H3,(H,20,26)(H,21,23). The lowest BCUT2D eigenvalue weighted by Crippen LogP contribution is -2.36. The van der Waals surface area contributed by atoms with Crippen LogP contribution >= 0.6 is 0 Å². The molecule has 8 heteroatoms. The second-order valence-corrected chi connectivity index (χ2v) is 8.27. The molecule has 2 rings (SSSR count). The van der Waals surface area contributed by atoms with E-state index in [0.29, 0.717) is 19.0 Å². The lowest BCUT2D eigenvalue weighted by atomic mass is 10.1. The quantitative estimate of drug-likeness (QED) is 0.740. The van der Waals surface area contributed by atoms with Crippen molar-refractivity contribution in [3.05, 3.63) is 24.2 Å². The van der Waals surface area contributed by atoms with Gasteiger partial charge in [0, 0.05) is 49.7 Å². The fraction of sp³-hybridized carbons (Fsp3) is 0.632. The van der Waals surface area contributed by atoms with Gasteiger partial charge in [-0.25, -0.2) is 4.79 Å². The maximum Gasteiger partial charge on any atom is 0.407 e. The third-order valence-corrected chi connectivity index (χ3v) is 3.78. The van der Waals surface area contributed by atoms with Crippen molar-refractivity contribution in [2.45, 2.75) is 53.3 Å². The van der Waals surface area contributed by atoms with Gasteiger partial charge in [0.15, 0.2) is 0 Å². The number of carbonyl (C=O) groups excluding carboxylic acids is 1. The van der Waals surface area contributed by atoms with Crippen LogP contribution in [0.2, 0.25) is 0 Å². The van der Waals surface area contributed by atoms with E-state index in [1.807, 2.05) is 51.1 Å². The number of rotatable bonds is 8. The molecule has 2 aromatic heterocycles. The number of H-pyrrole nitrogens is 1. The van der Waals surface area contributed by atoms with E-state index in [9.17, 15) is 4.79 Å². The van der Waals surface area contributed by atoms with E-state index < -0.39 is 11.7 Å². The van der Waals surface area contributed by atoms with E-state index in [2.05, 4.69) is 39.4 Å². The lowest BCUT2D eigenvalue weighted by Gasteiger charge is -2.21. The highest BCUT2D eigenvalue weighted by molar-refractivity contribution is 5.67. The van der Waals surface area contributed by atoms with Crippen molar-refractivity contribution >= 4 is 6.09 Å². The minimum atomic E-state index is -0.484. The number of nitrogens with one attached hydrogen (secondary N) is 2. The van der Waals surface area contributed by atoms with Crippen LogP contribution in [-0.4, -0.2) is 56.7 Å². The fourth-order valence-electron chi connectivity index (χ4n) is 2.68. The van der Waals surface area contributed by atoms with E-state index in [-0.39, 0.29) is 0 Å².